The van der Waals surface area contributed by atoms with Gasteiger partial charge in [0.05, 0.1) is 5.54 Å². The van der Waals surface area contributed by atoms with Crippen LogP contribution < -0.4 is 5.32 Å². The van der Waals surface area contributed by atoms with Crippen LogP contribution in [0.15, 0.2) is 19.0 Å². The van der Waals surface area contributed by atoms with Crippen LogP contribution in [0.3, 0.4) is 0 Å². The molecule has 0 aromatic carbocycles. The Morgan fingerprint density at radius 2 is 2.50 bits per heavy atom. The van der Waals surface area contributed by atoms with E-state index in [1.807, 2.05) is 0 Å². The third-order valence-electron chi connectivity index (χ3n) is 2.62. The molecule has 0 aliphatic heterocycles. The first kappa shape index (κ1) is 8.93. The number of nitrogens with zero attached hydrogens (tertiary/aromatic N) is 2. The van der Waals surface area contributed by atoms with Crippen molar-refractivity contribution in [2.75, 3.05) is 0 Å². The highest BCUT2D eigenvalue weighted by Crippen LogP contribution is 2.39. The first-order chi connectivity index (χ1) is 6.77. The normalized spacial score (nSPS) is 18.3. The Morgan fingerprint density at radius 3 is 2.93 bits per heavy atom. The van der Waals surface area contributed by atoms with Gasteiger partial charge in [0.25, 0.3) is 0 Å². The number of rotatable bonds is 3. The molecule has 1 aromatic heterocycles. The number of aromatic nitrogens is 3. The van der Waals surface area contributed by atoms with Crippen molar-refractivity contribution in [3.63, 3.8) is 0 Å². The molecule has 2 N–H and O–H groups in total. The minimum atomic E-state index is -0.332. The Hall–Kier alpha value is -1.65. The lowest BCUT2D eigenvalue weighted by molar-refractivity contribution is -0.119. The van der Waals surface area contributed by atoms with Crippen molar-refractivity contribution in [3.8, 4) is 0 Å². The first-order valence-corrected chi connectivity index (χ1v) is 4.57. The summed E-state index contributed by atoms with van der Waals surface area (Å²) in [6.45, 7) is 3.43. The molecule has 1 aromatic rings. The van der Waals surface area contributed by atoms with Crippen molar-refractivity contribution in [1.29, 1.82) is 0 Å². The van der Waals surface area contributed by atoms with Crippen molar-refractivity contribution in [3.05, 3.63) is 24.8 Å². The molecule has 0 spiro atoms. The molecule has 1 saturated carbocycles. The van der Waals surface area contributed by atoms with Gasteiger partial charge in [0.15, 0.2) is 0 Å². The van der Waals surface area contributed by atoms with Crippen molar-refractivity contribution < 1.29 is 4.79 Å². The van der Waals surface area contributed by atoms with Gasteiger partial charge in [0.2, 0.25) is 5.91 Å². The zero-order valence-electron chi connectivity index (χ0n) is 7.79. The van der Waals surface area contributed by atoms with Gasteiger partial charge < -0.3 is 5.32 Å². The van der Waals surface area contributed by atoms with Crippen LogP contribution >= 0.6 is 0 Å². The largest absolute Gasteiger partial charge is 0.340 e. The molecule has 5 heteroatoms. The number of H-pyrrole nitrogens is 1. The zero-order valence-corrected chi connectivity index (χ0v) is 7.79. The summed E-state index contributed by atoms with van der Waals surface area (Å²) < 4.78 is 0. The number of nitrogens with one attached hydrogen (secondary N) is 2. The molecular weight excluding hydrogens is 180 g/mol. The van der Waals surface area contributed by atoms with E-state index >= 15 is 0 Å². The van der Waals surface area contributed by atoms with E-state index in [0.717, 1.165) is 25.1 Å². The minimum Gasteiger partial charge on any atom is -0.340 e. The van der Waals surface area contributed by atoms with Crippen molar-refractivity contribution in [2.45, 2.75) is 24.8 Å². The van der Waals surface area contributed by atoms with E-state index in [1.165, 1.54) is 12.4 Å². The van der Waals surface area contributed by atoms with E-state index in [-0.39, 0.29) is 11.4 Å². The quantitative estimate of drug-likeness (QED) is 0.684. The van der Waals surface area contributed by atoms with E-state index < -0.39 is 0 Å². The summed E-state index contributed by atoms with van der Waals surface area (Å²) in [7, 11) is 0. The van der Waals surface area contributed by atoms with Crippen LogP contribution in [0.1, 0.15) is 25.1 Å². The topological polar surface area (TPSA) is 70.7 Å². The van der Waals surface area contributed by atoms with Gasteiger partial charge in [0.1, 0.15) is 12.2 Å². The van der Waals surface area contributed by atoms with Gasteiger partial charge in [-0.2, -0.15) is 5.10 Å². The maximum absolute atomic E-state index is 11.2. The first-order valence-electron chi connectivity index (χ1n) is 4.57. The van der Waals surface area contributed by atoms with Gasteiger partial charge in [-0.25, -0.2) is 4.98 Å². The lowest BCUT2D eigenvalue weighted by atomic mass is 9.76. The summed E-state index contributed by atoms with van der Waals surface area (Å²) in [5.74, 6) is 0.569. The Kier molecular flexibility index (Phi) is 2.07. The second-order valence-corrected chi connectivity index (χ2v) is 3.46. The minimum absolute atomic E-state index is 0.166. The van der Waals surface area contributed by atoms with Crippen molar-refractivity contribution >= 4 is 5.91 Å². The monoisotopic (exact) mass is 192 g/mol. The Labute approximate surface area is 81.6 Å². The molecule has 0 saturated heterocycles. The van der Waals surface area contributed by atoms with Crippen LogP contribution in [0, 0.1) is 0 Å². The van der Waals surface area contributed by atoms with Gasteiger partial charge in [-0.1, -0.05) is 6.58 Å². The lowest BCUT2D eigenvalue weighted by Crippen LogP contribution is -2.51. The van der Waals surface area contributed by atoms with Crippen LogP contribution in [0.2, 0.25) is 0 Å². The Bertz CT molecular complexity index is 340. The number of hydrogen-bond acceptors (Lipinski definition) is 3. The number of hydrogen-bond donors (Lipinski definition) is 2. The van der Waals surface area contributed by atoms with E-state index in [1.54, 1.807) is 0 Å². The summed E-state index contributed by atoms with van der Waals surface area (Å²) in [5.41, 5.74) is -0.332. The SMILES string of the molecule is C=CC(=O)NC1(c2ncn[nH]2)CCC1. The van der Waals surface area contributed by atoms with Crippen LogP contribution in [0.5, 0.6) is 0 Å². The Balaban J connectivity index is 2.18. The molecule has 0 unspecified atom stereocenters. The molecule has 1 amide bonds. The van der Waals surface area contributed by atoms with Gasteiger partial charge in [-0.3, -0.25) is 9.89 Å². The smallest absolute Gasteiger partial charge is 0.244 e. The number of carbonyl (C=O) groups is 1. The summed E-state index contributed by atoms with van der Waals surface area (Å²) in [4.78, 5) is 15.3. The predicted octanol–water partition coefficient (Wildman–Crippen LogP) is 0.486. The fraction of sp³-hybridized carbons (Fsp3) is 0.444. The van der Waals surface area contributed by atoms with Crippen molar-refractivity contribution in [2.24, 2.45) is 0 Å². The second kappa shape index (κ2) is 3.25. The fourth-order valence-corrected chi connectivity index (χ4v) is 1.67. The van der Waals surface area contributed by atoms with E-state index in [9.17, 15) is 4.79 Å². The van der Waals surface area contributed by atoms with Gasteiger partial charge in [-0.05, 0) is 25.3 Å². The van der Waals surface area contributed by atoms with Crippen LogP contribution in [0.25, 0.3) is 0 Å². The third-order valence-corrected chi connectivity index (χ3v) is 2.62. The highest BCUT2D eigenvalue weighted by molar-refractivity contribution is 5.87. The molecule has 1 heterocycles. The summed E-state index contributed by atoms with van der Waals surface area (Å²) in [5, 5.41) is 9.48. The molecule has 1 aliphatic carbocycles. The van der Waals surface area contributed by atoms with E-state index in [4.69, 9.17) is 0 Å². The molecule has 2 rings (SSSR count). The fourth-order valence-electron chi connectivity index (χ4n) is 1.67. The maximum atomic E-state index is 11.2. The molecule has 0 atom stereocenters. The summed E-state index contributed by atoms with van der Waals surface area (Å²) in [6, 6.07) is 0. The number of carbonyl (C=O) groups excluding carboxylic acids is 1. The summed E-state index contributed by atoms with van der Waals surface area (Å²) >= 11 is 0. The highest BCUT2D eigenvalue weighted by Gasteiger charge is 2.42. The zero-order chi connectivity index (χ0) is 10.0. The van der Waals surface area contributed by atoms with Crippen molar-refractivity contribution in [1.82, 2.24) is 20.5 Å². The average molecular weight is 192 g/mol. The highest BCUT2D eigenvalue weighted by atomic mass is 16.1. The number of aromatic amines is 1. The second-order valence-electron chi connectivity index (χ2n) is 3.46. The van der Waals surface area contributed by atoms with E-state index in [2.05, 4.69) is 27.1 Å². The average Bonchev–Trinajstić information content (AvgIpc) is 2.63. The predicted molar refractivity (Wildman–Crippen MR) is 50.3 cm³/mol. The van der Waals surface area contributed by atoms with E-state index in [0.29, 0.717) is 0 Å². The van der Waals surface area contributed by atoms with Gasteiger partial charge >= 0.3 is 0 Å². The van der Waals surface area contributed by atoms with Gasteiger partial charge in [-0.15, -0.1) is 0 Å². The van der Waals surface area contributed by atoms with Crippen LogP contribution in [-0.2, 0) is 10.3 Å². The number of amides is 1. The maximum Gasteiger partial charge on any atom is 0.244 e. The Morgan fingerprint density at radius 1 is 1.71 bits per heavy atom. The van der Waals surface area contributed by atoms with Crippen LogP contribution in [-0.4, -0.2) is 21.1 Å². The molecule has 74 valence electrons. The molecule has 14 heavy (non-hydrogen) atoms. The summed E-state index contributed by atoms with van der Waals surface area (Å²) in [6.07, 6.45) is 5.63. The van der Waals surface area contributed by atoms with Gasteiger partial charge in [0, 0.05) is 0 Å². The molecule has 0 bridgehead atoms. The molecule has 0 radical (unpaired) electrons. The third kappa shape index (κ3) is 1.30. The molecular formula is C9H12N4O. The van der Waals surface area contributed by atoms with Crippen LogP contribution in [0.4, 0.5) is 0 Å². The standard InChI is InChI=1S/C9H12N4O/c1-2-7(14)12-9(4-3-5-9)8-10-6-11-13-8/h2,6H,1,3-5H2,(H,12,14)(H,10,11,13). The molecule has 1 fully saturated rings. The lowest BCUT2D eigenvalue weighted by Gasteiger charge is -2.40. The molecule has 1 aliphatic rings. The molecule has 5 nitrogen and oxygen atoms in total.